The highest BCUT2D eigenvalue weighted by molar-refractivity contribution is 6.32. The molecule has 90 valence electrons. The third-order valence-electron chi connectivity index (χ3n) is 3.53. The average Bonchev–Trinajstić information content (AvgIpc) is 2.36. The third kappa shape index (κ3) is 1.36. The van der Waals surface area contributed by atoms with Gasteiger partial charge in [0.05, 0.1) is 5.69 Å². The molecule has 18 heavy (non-hydrogen) atoms. The van der Waals surface area contributed by atoms with Crippen molar-refractivity contribution >= 4 is 17.4 Å². The van der Waals surface area contributed by atoms with Crippen molar-refractivity contribution in [1.82, 2.24) is 4.98 Å². The van der Waals surface area contributed by atoms with E-state index in [4.69, 9.17) is 11.6 Å². The number of benzene rings is 1. The summed E-state index contributed by atoms with van der Waals surface area (Å²) in [5.74, 6) is 0.00919. The molecule has 1 heterocycles. The number of carbonyl (C=O) groups excluding carboxylic acids is 1. The minimum atomic E-state index is -0.349. The first-order valence-electron chi connectivity index (χ1n) is 5.82. The van der Waals surface area contributed by atoms with E-state index in [1.807, 2.05) is 24.3 Å². The van der Waals surface area contributed by atoms with Crippen LogP contribution in [0.1, 0.15) is 41.0 Å². The van der Waals surface area contributed by atoms with Crippen LogP contribution in [0.25, 0.3) is 0 Å². The van der Waals surface area contributed by atoms with Crippen molar-refractivity contribution in [3.05, 3.63) is 63.9 Å². The van der Waals surface area contributed by atoms with E-state index in [1.165, 1.54) is 0 Å². The van der Waals surface area contributed by atoms with Gasteiger partial charge < -0.3 is 0 Å². The van der Waals surface area contributed by atoms with Gasteiger partial charge in [0.1, 0.15) is 0 Å². The zero-order valence-electron chi connectivity index (χ0n) is 10.2. The van der Waals surface area contributed by atoms with Gasteiger partial charge >= 0.3 is 0 Å². The Bertz CT molecular complexity index is 661. The number of hydrogen-bond donors (Lipinski definition) is 0. The van der Waals surface area contributed by atoms with E-state index in [0.717, 1.165) is 11.3 Å². The van der Waals surface area contributed by atoms with Gasteiger partial charge in [-0.2, -0.15) is 0 Å². The van der Waals surface area contributed by atoms with Gasteiger partial charge in [0.25, 0.3) is 0 Å². The van der Waals surface area contributed by atoms with Gasteiger partial charge in [0.15, 0.2) is 5.78 Å². The van der Waals surface area contributed by atoms with Crippen molar-refractivity contribution in [2.75, 3.05) is 0 Å². The highest BCUT2D eigenvalue weighted by Gasteiger charge is 2.39. The van der Waals surface area contributed by atoms with Crippen molar-refractivity contribution in [1.29, 1.82) is 0 Å². The van der Waals surface area contributed by atoms with Gasteiger partial charge in [-0.15, -0.1) is 0 Å². The molecule has 0 amide bonds. The molecule has 3 rings (SSSR count). The second kappa shape index (κ2) is 3.66. The third-order valence-corrected chi connectivity index (χ3v) is 3.84. The lowest BCUT2D eigenvalue weighted by atomic mass is 9.71. The van der Waals surface area contributed by atoms with Gasteiger partial charge in [0, 0.05) is 27.8 Å². The van der Waals surface area contributed by atoms with Crippen LogP contribution in [-0.4, -0.2) is 10.8 Å². The molecule has 0 aliphatic heterocycles. The van der Waals surface area contributed by atoms with Crippen molar-refractivity contribution in [3.8, 4) is 0 Å². The van der Waals surface area contributed by atoms with Crippen LogP contribution >= 0.6 is 11.6 Å². The highest BCUT2D eigenvalue weighted by Crippen LogP contribution is 2.43. The molecular formula is C15H12ClNO. The summed E-state index contributed by atoms with van der Waals surface area (Å²) in [6.07, 6.45) is 1.72. The number of ketones is 1. The zero-order valence-corrected chi connectivity index (χ0v) is 11.0. The summed E-state index contributed by atoms with van der Waals surface area (Å²) in [6.45, 7) is 4.10. The maximum atomic E-state index is 12.4. The second-order valence-electron chi connectivity index (χ2n) is 5.02. The summed E-state index contributed by atoms with van der Waals surface area (Å²) in [7, 11) is 0. The van der Waals surface area contributed by atoms with Crippen LogP contribution in [0.4, 0.5) is 0 Å². The maximum Gasteiger partial charge on any atom is 0.195 e. The Balaban J connectivity index is 2.41. The van der Waals surface area contributed by atoms with Crippen LogP contribution < -0.4 is 0 Å². The van der Waals surface area contributed by atoms with Crippen LogP contribution in [-0.2, 0) is 5.41 Å². The fourth-order valence-electron chi connectivity index (χ4n) is 2.70. The summed E-state index contributed by atoms with van der Waals surface area (Å²) in [5, 5.41) is 0.627. The van der Waals surface area contributed by atoms with Crippen LogP contribution in [0.3, 0.4) is 0 Å². The van der Waals surface area contributed by atoms with E-state index in [-0.39, 0.29) is 11.2 Å². The van der Waals surface area contributed by atoms with E-state index in [9.17, 15) is 4.79 Å². The molecule has 0 fully saturated rings. The predicted octanol–water partition coefficient (Wildman–Crippen LogP) is 3.61. The minimum absolute atomic E-state index is 0.00919. The molecule has 3 heteroatoms. The predicted molar refractivity (Wildman–Crippen MR) is 71.2 cm³/mol. The zero-order chi connectivity index (χ0) is 12.9. The summed E-state index contributed by atoms with van der Waals surface area (Å²) >= 11 is 6.28. The summed E-state index contributed by atoms with van der Waals surface area (Å²) < 4.78 is 0. The lowest BCUT2D eigenvalue weighted by Gasteiger charge is -2.33. The van der Waals surface area contributed by atoms with Gasteiger partial charge in [-0.1, -0.05) is 37.6 Å². The SMILES string of the molecule is CC1(C)c2ncccc2C(=O)c2cccc(Cl)c21. The molecule has 0 saturated carbocycles. The van der Waals surface area contributed by atoms with E-state index in [0.29, 0.717) is 16.1 Å². The first kappa shape index (κ1) is 11.4. The monoisotopic (exact) mass is 257 g/mol. The van der Waals surface area contributed by atoms with Crippen LogP contribution in [0.2, 0.25) is 5.02 Å². The van der Waals surface area contributed by atoms with Gasteiger partial charge in [-0.05, 0) is 23.8 Å². The molecule has 1 aromatic carbocycles. The fourth-order valence-corrected chi connectivity index (χ4v) is 3.11. The number of aromatic nitrogens is 1. The molecule has 0 N–H and O–H groups in total. The average molecular weight is 258 g/mol. The van der Waals surface area contributed by atoms with Crippen molar-refractivity contribution < 1.29 is 4.79 Å². The standard InChI is InChI=1S/C15H12ClNO/c1-15(2)12-9(5-3-7-11(12)16)13(18)10-6-4-8-17-14(10)15/h3-8H,1-2H3. The number of carbonyl (C=O) groups is 1. The normalized spacial score (nSPS) is 16.1. The molecule has 2 aromatic rings. The molecule has 2 nitrogen and oxygen atoms in total. The quantitative estimate of drug-likeness (QED) is 0.722. The van der Waals surface area contributed by atoms with Crippen LogP contribution in [0.15, 0.2) is 36.5 Å². The Morgan fingerprint density at radius 1 is 1.11 bits per heavy atom. The minimum Gasteiger partial charge on any atom is -0.289 e. The Kier molecular flexibility index (Phi) is 2.32. The molecule has 0 spiro atoms. The number of halogens is 1. The van der Waals surface area contributed by atoms with Crippen molar-refractivity contribution in [2.45, 2.75) is 19.3 Å². The summed E-state index contributed by atoms with van der Waals surface area (Å²) in [5.41, 5.74) is 2.70. The van der Waals surface area contributed by atoms with E-state index in [2.05, 4.69) is 18.8 Å². The molecule has 0 radical (unpaired) electrons. The Labute approximate surface area is 111 Å². The van der Waals surface area contributed by atoms with Gasteiger partial charge in [0.2, 0.25) is 0 Å². The molecule has 0 atom stereocenters. The van der Waals surface area contributed by atoms with Gasteiger partial charge in [-0.25, -0.2) is 0 Å². The Hall–Kier alpha value is -1.67. The second-order valence-corrected chi connectivity index (χ2v) is 5.42. The molecular weight excluding hydrogens is 246 g/mol. The molecule has 0 bridgehead atoms. The maximum absolute atomic E-state index is 12.4. The topological polar surface area (TPSA) is 30.0 Å². The molecule has 1 aromatic heterocycles. The summed E-state index contributed by atoms with van der Waals surface area (Å²) in [6, 6.07) is 9.10. The molecule has 0 unspecified atom stereocenters. The lowest BCUT2D eigenvalue weighted by molar-refractivity contribution is 0.103. The number of nitrogens with zero attached hydrogens (tertiary/aromatic N) is 1. The molecule has 0 saturated heterocycles. The molecule has 1 aliphatic carbocycles. The summed E-state index contributed by atoms with van der Waals surface area (Å²) in [4.78, 5) is 16.8. The number of fused-ring (bicyclic) bond motifs is 2. The smallest absolute Gasteiger partial charge is 0.195 e. The van der Waals surface area contributed by atoms with E-state index >= 15 is 0 Å². The van der Waals surface area contributed by atoms with Crippen molar-refractivity contribution in [3.63, 3.8) is 0 Å². The largest absolute Gasteiger partial charge is 0.289 e. The number of hydrogen-bond acceptors (Lipinski definition) is 2. The van der Waals surface area contributed by atoms with E-state index in [1.54, 1.807) is 12.3 Å². The van der Waals surface area contributed by atoms with Crippen LogP contribution in [0, 0.1) is 0 Å². The highest BCUT2D eigenvalue weighted by atomic mass is 35.5. The molecule has 1 aliphatic rings. The fraction of sp³-hybridized carbons (Fsp3) is 0.200. The van der Waals surface area contributed by atoms with Gasteiger partial charge in [-0.3, -0.25) is 9.78 Å². The van der Waals surface area contributed by atoms with Crippen LogP contribution in [0.5, 0.6) is 0 Å². The first-order valence-corrected chi connectivity index (χ1v) is 6.20. The first-order chi connectivity index (χ1) is 8.53. The number of pyridine rings is 1. The Morgan fingerprint density at radius 3 is 2.61 bits per heavy atom. The number of rotatable bonds is 0. The van der Waals surface area contributed by atoms with E-state index < -0.39 is 0 Å². The van der Waals surface area contributed by atoms with Crippen molar-refractivity contribution in [2.24, 2.45) is 0 Å². The Morgan fingerprint density at radius 2 is 1.83 bits per heavy atom. The lowest BCUT2D eigenvalue weighted by Crippen LogP contribution is -2.31.